The first-order valence-electron chi connectivity index (χ1n) is 9.30. The van der Waals surface area contributed by atoms with Crippen LogP contribution in [0.4, 0.5) is 11.5 Å². The summed E-state index contributed by atoms with van der Waals surface area (Å²) < 4.78 is 11.6. The smallest absolute Gasteiger partial charge is 0.274 e. The highest BCUT2D eigenvalue weighted by Gasteiger charge is 2.40. The average Bonchev–Trinajstić information content (AvgIpc) is 3.11. The molecule has 0 unspecified atom stereocenters. The van der Waals surface area contributed by atoms with Crippen molar-refractivity contribution >= 4 is 17.4 Å². The maximum Gasteiger partial charge on any atom is 0.274 e. The Labute approximate surface area is 158 Å². The van der Waals surface area contributed by atoms with Crippen molar-refractivity contribution in [3.8, 4) is 0 Å². The number of hydrogen-bond acceptors (Lipinski definition) is 6. The number of hydrogen-bond donors (Lipinski definition) is 1. The van der Waals surface area contributed by atoms with Gasteiger partial charge in [0.1, 0.15) is 17.3 Å². The number of ether oxygens (including phenoxy) is 2. The fourth-order valence-electron chi connectivity index (χ4n) is 3.52. The molecule has 0 bridgehead atoms. The van der Waals surface area contributed by atoms with Gasteiger partial charge in [-0.1, -0.05) is 17.7 Å². The van der Waals surface area contributed by atoms with Crippen LogP contribution in [-0.2, 0) is 9.47 Å². The van der Waals surface area contributed by atoms with E-state index in [4.69, 9.17) is 9.47 Å². The first-order chi connectivity index (χ1) is 13.0. The Morgan fingerprint density at radius 1 is 1.07 bits per heavy atom. The standard InChI is InChI=1S/C20H24N4O3/c1-14-3-5-16(6-4-14)23-19(25)17-13-18(22-15(2)21-17)24-9-7-20(8-10-24)26-11-12-27-20/h3-6,13H,7-12H2,1-2H3,(H,23,25). The molecule has 2 aromatic rings. The summed E-state index contributed by atoms with van der Waals surface area (Å²) in [6, 6.07) is 9.44. The van der Waals surface area contributed by atoms with Crippen LogP contribution in [0.2, 0.25) is 0 Å². The van der Waals surface area contributed by atoms with E-state index in [1.807, 2.05) is 31.2 Å². The van der Waals surface area contributed by atoms with Gasteiger partial charge in [-0.05, 0) is 26.0 Å². The molecule has 0 saturated carbocycles. The lowest BCUT2D eigenvalue weighted by molar-refractivity contribution is -0.169. The number of nitrogens with one attached hydrogen (secondary N) is 1. The third kappa shape index (κ3) is 3.94. The van der Waals surface area contributed by atoms with Crippen molar-refractivity contribution in [1.29, 1.82) is 0 Å². The van der Waals surface area contributed by atoms with Crippen molar-refractivity contribution in [1.82, 2.24) is 9.97 Å². The Kier molecular flexibility index (Phi) is 4.80. The maximum absolute atomic E-state index is 12.6. The predicted molar refractivity (Wildman–Crippen MR) is 102 cm³/mol. The lowest BCUT2D eigenvalue weighted by atomic mass is 10.0. The van der Waals surface area contributed by atoms with Crippen molar-refractivity contribution in [3.63, 3.8) is 0 Å². The minimum absolute atomic E-state index is 0.235. The van der Waals surface area contributed by atoms with E-state index < -0.39 is 5.79 Å². The zero-order valence-corrected chi connectivity index (χ0v) is 15.7. The van der Waals surface area contributed by atoms with Gasteiger partial charge in [-0.25, -0.2) is 9.97 Å². The number of aryl methyl sites for hydroxylation is 2. The number of benzene rings is 1. The average molecular weight is 368 g/mol. The summed E-state index contributed by atoms with van der Waals surface area (Å²) in [5.74, 6) is 0.686. The Bertz CT molecular complexity index is 822. The van der Waals surface area contributed by atoms with Crippen LogP contribution in [0, 0.1) is 13.8 Å². The molecule has 0 aliphatic carbocycles. The molecule has 1 aromatic heterocycles. The van der Waals surface area contributed by atoms with Gasteiger partial charge in [0.25, 0.3) is 5.91 Å². The first-order valence-corrected chi connectivity index (χ1v) is 9.30. The highest BCUT2D eigenvalue weighted by Crippen LogP contribution is 2.32. The van der Waals surface area contributed by atoms with Gasteiger partial charge < -0.3 is 19.7 Å². The number of carbonyl (C=O) groups is 1. The van der Waals surface area contributed by atoms with Crippen LogP contribution in [0.3, 0.4) is 0 Å². The Hall–Kier alpha value is -2.51. The van der Waals surface area contributed by atoms with E-state index in [-0.39, 0.29) is 5.91 Å². The van der Waals surface area contributed by atoms with E-state index in [0.717, 1.165) is 43.0 Å². The summed E-state index contributed by atoms with van der Waals surface area (Å²) in [5.41, 5.74) is 2.26. The fourth-order valence-corrected chi connectivity index (χ4v) is 3.52. The van der Waals surface area contributed by atoms with Gasteiger partial charge in [0.2, 0.25) is 0 Å². The molecule has 2 saturated heterocycles. The molecule has 1 aromatic carbocycles. The van der Waals surface area contributed by atoms with E-state index in [1.54, 1.807) is 13.0 Å². The third-order valence-corrected chi connectivity index (χ3v) is 5.03. The van der Waals surface area contributed by atoms with Crippen LogP contribution in [0.25, 0.3) is 0 Å². The number of amides is 1. The molecule has 7 heteroatoms. The highest BCUT2D eigenvalue weighted by molar-refractivity contribution is 6.03. The molecule has 3 heterocycles. The van der Waals surface area contributed by atoms with Gasteiger partial charge >= 0.3 is 0 Å². The normalized spacial score (nSPS) is 18.7. The van der Waals surface area contributed by atoms with Crippen LogP contribution >= 0.6 is 0 Å². The molecule has 0 radical (unpaired) electrons. The predicted octanol–water partition coefficient (Wildman–Crippen LogP) is 2.69. The lowest BCUT2D eigenvalue weighted by Gasteiger charge is -2.38. The Morgan fingerprint density at radius 3 is 2.41 bits per heavy atom. The molecule has 1 spiro atoms. The molecule has 2 aliphatic heterocycles. The molecule has 1 N–H and O–H groups in total. The molecule has 142 valence electrons. The number of carbonyl (C=O) groups excluding carboxylic acids is 1. The summed E-state index contributed by atoms with van der Waals surface area (Å²) in [5, 5.41) is 2.89. The van der Waals surface area contributed by atoms with Crippen LogP contribution in [0.1, 0.15) is 34.7 Å². The van der Waals surface area contributed by atoms with E-state index in [0.29, 0.717) is 24.7 Å². The van der Waals surface area contributed by atoms with Gasteiger partial charge in [-0.2, -0.15) is 0 Å². The summed E-state index contributed by atoms with van der Waals surface area (Å²) in [4.78, 5) is 23.6. The summed E-state index contributed by atoms with van der Waals surface area (Å²) in [6.45, 7) is 6.69. The number of piperidine rings is 1. The van der Waals surface area contributed by atoms with Crippen molar-refractivity contribution in [2.45, 2.75) is 32.5 Å². The SMILES string of the molecule is Cc1ccc(NC(=O)c2cc(N3CCC4(CC3)OCCO4)nc(C)n2)cc1. The van der Waals surface area contributed by atoms with E-state index in [1.165, 1.54) is 0 Å². The molecular weight excluding hydrogens is 344 g/mol. The summed E-state index contributed by atoms with van der Waals surface area (Å²) >= 11 is 0. The zero-order chi connectivity index (χ0) is 18.9. The van der Waals surface area contributed by atoms with Gasteiger partial charge in [0.05, 0.1) is 13.2 Å². The van der Waals surface area contributed by atoms with Crippen molar-refractivity contribution in [3.05, 3.63) is 47.4 Å². The number of nitrogens with zero attached hydrogens (tertiary/aromatic N) is 3. The molecule has 0 atom stereocenters. The zero-order valence-electron chi connectivity index (χ0n) is 15.7. The largest absolute Gasteiger partial charge is 0.356 e. The summed E-state index contributed by atoms with van der Waals surface area (Å²) in [7, 11) is 0. The topological polar surface area (TPSA) is 76.6 Å². The van der Waals surface area contributed by atoms with Crippen molar-refractivity contribution in [2.75, 3.05) is 36.5 Å². The highest BCUT2D eigenvalue weighted by atomic mass is 16.7. The Balaban J connectivity index is 1.48. The third-order valence-electron chi connectivity index (χ3n) is 5.03. The van der Waals surface area contributed by atoms with Crippen LogP contribution in [0.15, 0.2) is 30.3 Å². The monoisotopic (exact) mass is 368 g/mol. The quantitative estimate of drug-likeness (QED) is 0.898. The van der Waals surface area contributed by atoms with E-state index in [2.05, 4.69) is 20.2 Å². The van der Waals surface area contributed by atoms with E-state index in [9.17, 15) is 4.79 Å². The molecule has 2 fully saturated rings. The van der Waals surface area contributed by atoms with Crippen molar-refractivity contribution in [2.24, 2.45) is 0 Å². The first kappa shape index (κ1) is 17.9. The second kappa shape index (κ2) is 7.25. The maximum atomic E-state index is 12.6. The molecule has 7 nitrogen and oxygen atoms in total. The molecule has 27 heavy (non-hydrogen) atoms. The van der Waals surface area contributed by atoms with E-state index >= 15 is 0 Å². The van der Waals surface area contributed by atoms with Gasteiger partial charge in [-0.15, -0.1) is 0 Å². The minimum Gasteiger partial charge on any atom is -0.356 e. The van der Waals surface area contributed by atoms with Crippen LogP contribution in [-0.4, -0.2) is 48.0 Å². The lowest BCUT2D eigenvalue weighted by Crippen LogP contribution is -2.45. The van der Waals surface area contributed by atoms with Gasteiger partial charge in [-0.3, -0.25) is 4.79 Å². The van der Waals surface area contributed by atoms with Crippen LogP contribution in [0.5, 0.6) is 0 Å². The second-order valence-corrected chi connectivity index (χ2v) is 7.07. The molecular formula is C20H24N4O3. The fraction of sp³-hybridized carbons (Fsp3) is 0.450. The number of aromatic nitrogens is 2. The van der Waals surface area contributed by atoms with Gasteiger partial charge in [0, 0.05) is 37.7 Å². The molecule has 4 rings (SSSR count). The second-order valence-electron chi connectivity index (χ2n) is 7.07. The Morgan fingerprint density at radius 2 is 1.74 bits per heavy atom. The minimum atomic E-state index is -0.426. The number of rotatable bonds is 3. The number of anilines is 2. The van der Waals surface area contributed by atoms with Gasteiger partial charge in [0.15, 0.2) is 5.79 Å². The van der Waals surface area contributed by atoms with Crippen LogP contribution < -0.4 is 10.2 Å². The summed E-state index contributed by atoms with van der Waals surface area (Å²) in [6.07, 6.45) is 1.59. The van der Waals surface area contributed by atoms with Crippen molar-refractivity contribution < 1.29 is 14.3 Å². The molecule has 2 aliphatic rings. The molecule has 1 amide bonds.